The van der Waals surface area contributed by atoms with Gasteiger partial charge in [0.15, 0.2) is 5.54 Å². The molecule has 0 spiro atoms. The van der Waals surface area contributed by atoms with Gasteiger partial charge in [-0.3, -0.25) is 14.5 Å². The summed E-state index contributed by atoms with van der Waals surface area (Å²) < 4.78 is 5.04. The van der Waals surface area contributed by atoms with Crippen molar-refractivity contribution in [1.82, 2.24) is 4.90 Å². The second kappa shape index (κ2) is 3.86. The molecule has 2 saturated heterocycles. The lowest BCUT2D eigenvalue weighted by Crippen LogP contribution is -2.61. The Hall–Kier alpha value is -1.43. The number of hydrogen-bond donors (Lipinski definition) is 1. The van der Waals surface area contributed by atoms with Crippen molar-refractivity contribution < 1.29 is 24.2 Å². The van der Waals surface area contributed by atoms with Crippen molar-refractivity contribution in [1.29, 1.82) is 0 Å². The molecule has 2 aliphatic rings. The van der Waals surface area contributed by atoms with Gasteiger partial charge in [0.05, 0.1) is 6.61 Å². The number of nitrogens with zero attached hydrogens (tertiary/aromatic N) is 1. The molecule has 0 aromatic rings. The van der Waals surface area contributed by atoms with Crippen LogP contribution >= 0.6 is 0 Å². The normalized spacial score (nSPS) is 30.9. The van der Waals surface area contributed by atoms with Gasteiger partial charge in [-0.15, -0.1) is 0 Å². The average molecular weight is 227 g/mol. The molecule has 0 aliphatic carbocycles. The number of hydrogen-bond acceptors (Lipinski definition) is 4. The number of amides is 2. The summed E-state index contributed by atoms with van der Waals surface area (Å²) in [6.07, 6.45) is 1.16. The van der Waals surface area contributed by atoms with E-state index in [1.54, 1.807) is 0 Å². The fourth-order valence-corrected chi connectivity index (χ4v) is 2.23. The summed E-state index contributed by atoms with van der Waals surface area (Å²) in [5, 5.41) is 9.23. The van der Waals surface area contributed by atoms with Gasteiger partial charge >= 0.3 is 5.97 Å². The molecule has 2 aliphatic heterocycles. The molecule has 2 heterocycles. The van der Waals surface area contributed by atoms with E-state index in [4.69, 9.17) is 4.74 Å². The lowest BCUT2D eigenvalue weighted by molar-refractivity contribution is -0.168. The SMILES string of the molecule is O=C1CCCC(=O)N1C1(C(=O)O)CCOC1. The maximum Gasteiger partial charge on any atom is 0.332 e. The van der Waals surface area contributed by atoms with Gasteiger partial charge < -0.3 is 9.84 Å². The highest BCUT2D eigenvalue weighted by atomic mass is 16.5. The number of rotatable bonds is 2. The number of carbonyl (C=O) groups excluding carboxylic acids is 2. The quantitative estimate of drug-likeness (QED) is 0.659. The first-order chi connectivity index (χ1) is 7.58. The lowest BCUT2D eigenvalue weighted by atomic mass is 9.93. The first-order valence-corrected chi connectivity index (χ1v) is 5.25. The van der Waals surface area contributed by atoms with Gasteiger partial charge in [-0.25, -0.2) is 4.79 Å². The van der Waals surface area contributed by atoms with E-state index in [1.165, 1.54) is 0 Å². The number of piperidine rings is 1. The Morgan fingerprint density at radius 3 is 2.38 bits per heavy atom. The maximum absolute atomic E-state index is 11.7. The zero-order valence-electron chi connectivity index (χ0n) is 8.77. The molecule has 1 N–H and O–H groups in total. The largest absolute Gasteiger partial charge is 0.479 e. The molecule has 0 bridgehead atoms. The summed E-state index contributed by atoms with van der Waals surface area (Å²) >= 11 is 0. The highest BCUT2D eigenvalue weighted by Gasteiger charge is 2.53. The monoisotopic (exact) mass is 227 g/mol. The molecule has 0 aromatic heterocycles. The number of ether oxygens (including phenoxy) is 1. The van der Waals surface area contributed by atoms with E-state index < -0.39 is 23.3 Å². The van der Waals surface area contributed by atoms with Gasteiger partial charge in [-0.2, -0.15) is 0 Å². The summed E-state index contributed by atoms with van der Waals surface area (Å²) in [5.41, 5.74) is -1.46. The third-order valence-electron chi connectivity index (χ3n) is 3.11. The maximum atomic E-state index is 11.7. The fraction of sp³-hybridized carbons (Fsp3) is 0.700. The van der Waals surface area contributed by atoms with Crippen molar-refractivity contribution in [3.8, 4) is 0 Å². The topological polar surface area (TPSA) is 83.9 Å². The van der Waals surface area contributed by atoms with Gasteiger partial charge in [0.25, 0.3) is 0 Å². The minimum Gasteiger partial charge on any atom is -0.479 e. The molecular weight excluding hydrogens is 214 g/mol. The van der Waals surface area contributed by atoms with Crippen LogP contribution < -0.4 is 0 Å². The van der Waals surface area contributed by atoms with Gasteiger partial charge in [-0.1, -0.05) is 0 Å². The molecule has 0 saturated carbocycles. The van der Waals surface area contributed by atoms with E-state index in [1.807, 2.05) is 0 Å². The number of carboxylic acids is 1. The van der Waals surface area contributed by atoms with Crippen molar-refractivity contribution in [2.24, 2.45) is 0 Å². The molecule has 2 amide bonds. The molecule has 1 unspecified atom stereocenters. The molecule has 2 fully saturated rings. The summed E-state index contributed by atoms with van der Waals surface area (Å²) in [6, 6.07) is 0. The van der Waals surface area contributed by atoms with Crippen LogP contribution in [-0.2, 0) is 19.1 Å². The zero-order chi connectivity index (χ0) is 11.8. The van der Waals surface area contributed by atoms with Crippen LogP contribution in [0.5, 0.6) is 0 Å². The molecular formula is C10H13NO5. The highest BCUT2D eigenvalue weighted by molar-refractivity contribution is 6.02. The molecule has 16 heavy (non-hydrogen) atoms. The van der Waals surface area contributed by atoms with Crippen LogP contribution in [0.4, 0.5) is 0 Å². The van der Waals surface area contributed by atoms with Crippen LogP contribution in [0, 0.1) is 0 Å². The van der Waals surface area contributed by atoms with E-state index in [0.717, 1.165) is 4.90 Å². The van der Waals surface area contributed by atoms with Crippen molar-refractivity contribution in [3.63, 3.8) is 0 Å². The number of carbonyl (C=O) groups is 3. The Morgan fingerprint density at radius 2 is 1.94 bits per heavy atom. The van der Waals surface area contributed by atoms with Crippen LogP contribution in [0.15, 0.2) is 0 Å². The third kappa shape index (κ3) is 1.49. The summed E-state index contributed by atoms with van der Waals surface area (Å²) in [6.45, 7) is 0.170. The summed E-state index contributed by atoms with van der Waals surface area (Å²) in [7, 11) is 0. The van der Waals surface area contributed by atoms with E-state index in [2.05, 4.69) is 0 Å². The Balaban J connectivity index is 2.35. The number of imide groups is 1. The number of aliphatic carboxylic acids is 1. The smallest absolute Gasteiger partial charge is 0.332 e. The molecule has 1 atom stereocenters. The van der Waals surface area contributed by atoms with Crippen molar-refractivity contribution >= 4 is 17.8 Å². The molecule has 0 aromatic carbocycles. The van der Waals surface area contributed by atoms with E-state index in [-0.39, 0.29) is 32.5 Å². The molecule has 2 rings (SSSR count). The van der Waals surface area contributed by atoms with E-state index in [9.17, 15) is 19.5 Å². The Kier molecular flexibility index (Phi) is 2.67. The van der Waals surface area contributed by atoms with Crippen LogP contribution in [0.25, 0.3) is 0 Å². The summed E-state index contributed by atoms with van der Waals surface area (Å²) in [4.78, 5) is 35.6. The lowest BCUT2D eigenvalue weighted by Gasteiger charge is -2.37. The highest BCUT2D eigenvalue weighted by Crippen LogP contribution is 2.30. The van der Waals surface area contributed by atoms with E-state index >= 15 is 0 Å². The second-order valence-electron chi connectivity index (χ2n) is 4.12. The van der Waals surface area contributed by atoms with Crippen molar-refractivity contribution in [3.05, 3.63) is 0 Å². The van der Waals surface area contributed by atoms with Gasteiger partial charge in [0.2, 0.25) is 11.8 Å². The third-order valence-corrected chi connectivity index (χ3v) is 3.11. The zero-order valence-corrected chi connectivity index (χ0v) is 8.77. The minimum absolute atomic E-state index is 0.0974. The predicted molar refractivity (Wildman–Crippen MR) is 51.5 cm³/mol. The number of likely N-dealkylation sites (tertiary alicyclic amines) is 1. The first-order valence-electron chi connectivity index (χ1n) is 5.25. The van der Waals surface area contributed by atoms with Crippen LogP contribution in [0.1, 0.15) is 25.7 Å². The minimum atomic E-state index is -1.46. The van der Waals surface area contributed by atoms with Crippen LogP contribution in [-0.4, -0.2) is 46.5 Å². The average Bonchev–Trinajstić information content (AvgIpc) is 2.67. The summed E-state index contributed by atoms with van der Waals surface area (Å²) in [5.74, 6) is -1.96. The Bertz CT molecular complexity index is 329. The molecule has 6 nitrogen and oxygen atoms in total. The standard InChI is InChI=1S/C10H13NO5/c12-7-2-1-3-8(13)11(7)10(9(14)15)4-5-16-6-10/h1-6H2,(H,14,15). The number of carboxylic acid groups (broad SMARTS) is 1. The van der Waals surface area contributed by atoms with Crippen LogP contribution in [0.3, 0.4) is 0 Å². The predicted octanol–water partition coefficient (Wildman–Crippen LogP) is -0.231. The Labute approximate surface area is 92.2 Å². The van der Waals surface area contributed by atoms with Gasteiger partial charge in [0.1, 0.15) is 0 Å². The molecule has 88 valence electrons. The Morgan fingerprint density at radius 1 is 1.31 bits per heavy atom. The van der Waals surface area contributed by atoms with Gasteiger partial charge in [0, 0.05) is 25.9 Å². The second-order valence-corrected chi connectivity index (χ2v) is 4.12. The van der Waals surface area contributed by atoms with E-state index in [0.29, 0.717) is 6.42 Å². The van der Waals surface area contributed by atoms with Crippen LogP contribution in [0.2, 0.25) is 0 Å². The fourth-order valence-electron chi connectivity index (χ4n) is 2.23. The van der Waals surface area contributed by atoms with Crippen molar-refractivity contribution in [2.45, 2.75) is 31.2 Å². The molecule has 0 radical (unpaired) electrons. The van der Waals surface area contributed by atoms with Gasteiger partial charge in [-0.05, 0) is 6.42 Å². The van der Waals surface area contributed by atoms with Crippen molar-refractivity contribution in [2.75, 3.05) is 13.2 Å². The molecule has 6 heteroatoms. The first kappa shape index (κ1) is 11.1.